The van der Waals surface area contributed by atoms with Gasteiger partial charge in [0.25, 0.3) is 5.92 Å². The van der Waals surface area contributed by atoms with E-state index in [1.807, 2.05) is 4.90 Å². The minimum Gasteiger partial charge on any atom is -0.496 e. The Bertz CT molecular complexity index is 472. The third kappa shape index (κ3) is 3.52. The molecule has 2 rings (SSSR count). The average Bonchev–Trinajstić information content (AvgIpc) is 2.41. The van der Waals surface area contributed by atoms with Crippen molar-refractivity contribution < 1.29 is 18.3 Å². The maximum Gasteiger partial charge on any atom is 0.250 e. The highest BCUT2D eigenvalue weighted by Gasteiger charge is 2.34. The first-order chi connectivity index (χ1) is 9.45. The van der Waals surface area contributed by atoms with Gasteiger partial charge in [0.05, 0.1) is 19.2 Å². The van der Waals surface area contributed by atoms with Gasteiger partial charge in [-0.15, -0.1) is 0 Å². The molecule has 0 aliphatic carbocycles. The van der Waals surface area contributed by atoms with Crippen molar-refractivity contribution in [3.05, 3.63) is 22.7 Å². The van der Waals surface area contributed by atoms with Gasteiger partial charge in [0.15, 0.2) is 0 Å². The van der Waals surface area contributed by atoms with Gasteiger partial charge in [-0.1, -0.05) is 11.6 Å². The Morgan fingerprint density at radius 3 is 2.30 bits per heavy atom. The summed E-state index contributed by atoms with van der Waals surface area (Å²) in [5.41, 5.74) is 0.878. The second kappa shape index (κ2) is 6.14. The summed E-state index contributed by atoms with van der Waals surface area (Å²) in [6.45, 7) is 1.29. The summed E-state index contributed by atoms with van der Waals surface area (Å²) in [7, 11) is 3.10. The Morgan fingerprint density at radius 2 is 1.75 bits per heavy atom. The Morgan fingerprint density at radius 1 is 1.15 bits per heavy atom. The second-order valence-electron chi connectivity index (χ2n) is 4.93. The summed E-state index contributed by atoms with van der Waals surface area (Å²) in [5.74, 6) is -1.33. The van der Waals surface area contributed by atoms with Gasteiger partial charge < -0.3 is 9.47 Å². The van der Waals surface area contributed by atoms with Crippen molar-refractivity contribution in [2.45, 2.75) is 25.3 Å². The van der Waals surface area contributed by atoms with E-state index in [0.29, 0.717) is 36.2 Å². The lowest BCUT2D eigenvalue weighted by Crippen LogP contribution is -2.38. The lowest BCUT2D eigenvalue weighted by atomic mass is 10.1. The largest absolute Gasteiger partial charge is 0.496 e. The van der Waals surface area contributed by atoms with Crippen LogP contribution in [0.4, 0.5) is 8.78 Å². The molecule has 3 nitrogen and oxygen atoms in total. The number of alkyl halides is 2. The minimum absolute atomic E-state index is 0.0980. The van der Waals surface area contributed by atoms with Crippen LogP contribution >= 0.6 is 11.6 Å². The van der Waals surface area contributed by atoms with E-state index in [1.54, 1.807) is 19.2 Å². The molecular formula is C14H18ClF2NO2. The smallest absolute Gasteiger partial charge is 0.250 e. The predicted molar refractivity (Wildman–Crippen MR) is 74.0 cm³/mol. The average molecular weight is 306 g/mol. The summed E-state index contributed by atoms with van der Waals surface area (Å²) in [6, 6.07) is 3.49. The van der Waals surface area contributed by atoms with Crippen LogP contribution in [0.5, 0.6) is 11.5 Å². The fourth-order valence-corrected chi connectivity index (χ4v) is 2.59. The van der Waals surface area contributed by atoms with Gasteiger partial charge in [0, 0.05) is 44.1 Å². The predicted octanol–water partition coefficient (Wildman–Crippen LogP) is 3.59. The molecule has 0 radical (unpaired) electrons. The van der Waals surface area contributed by atoms with E-state index in [9.17, 15) is 8.78 Å². The van der Waals surface area contributed by atoms with E-state index in [2.05, 4.69) is 0 Å². The van der Waals surface area contributed by atoms with Crippen molar-refractivity contribution in [1.82, 2.24) is 4.90 Å². The molecule has 0 saturated carbocycles. The summed E-state index contributed by atoms with van der Waals surface area (Å²) in [5, 5.41) is 0.491. The molecule has 0 N–H and O–H groups in total. The van der Waals surface area contributed by atoms with Gasteiger partial charge in [-0.3, -0.25) is 4.90 Å². The van der Waals surface area contributed by atoms with Crippen LogP contribution in [0.15, 0.2) is 12.1 Å². The summed E-state index contributed by atoms with van der Waals surface area (Å²) >= 11 is 6.10. The number of benzene rings is 1. The lowest BCUT2D eigenvalue weighted by molar-refractivity contribution is -0.0567. The van der Waals surface area contributed by atoms with Gasteiger partial charge in [0.2, 0.25) is 0 Å². The molecule has 1 fully saturated rings. The number of rotatable bonds is 4. The van der Waals surface area contributed by atoms with Crippen molar-refractivity contribution in [1.29, 1.82) is 0 Å². The zero-order chi connectivity index (χ0) is 14.8. The molecule has 0 unspecified atom stereocenters. The Labute approximate surface area is 122 Å². The highest BCUT2D eigenvalue weighted by atomic mass is 35.5. The Kier molecular flexibility index (Phi) is 4.70. The molecule has 1 aromatic rings. The molecule has 0 bridgehead atoms. The first-order valence-electron chi connectivity index (χ1n) is 6.46. The van der Waals surface area contributed by atoms with Crippen LogP contribution < -0.4 is 9.47 Å². The van der Waals surface area contributed by atoms with Crippen LogP contribution in [0.25, 0.3) is 0 Å². The molecule has 112 valence electrons. The second-order valence-corrected chi connectivity index (χ2v) is 5.34. The zero-order valence-electron chi connectivity index (χ0n) is 11.6. The van der Waals surface area contributed by atoms with Crippen molar-refractivity contribution in [2.24, 2.45) is 0 Å². The number of hydrogen-bond donors (Lipinski definition) is 0. The molecule has 0 amide bonds. The van der Waals surface area contributed by atoms with E-state index in [0.717, 1.165) is 5.56 Å². The number of halogens is 3. The van der Waals surface area contributed by atoms with Crippen molar-refractivity contribution >= 4 is 11.6 Å². The zero-order valence-corrected chi connectivity index (χ0v) is 12.3. The summed E-state index contributed by atoms with van der Waals surface area (Å²) < 4.78 is 36.7. The quantitative estimate of drug-likeness (QED) is 0.848. The van der Waals surface area contributed by atoms with Gasteiger partial charge >= 0.3 is 0 Å². The highest BCUT2D eigenvalue weighted by molar-refractivity contribution is 6.32. The monoisotopic (exact) mass is 305 g/mol. The molecule has 20 heavy (non-hydrogen) atoms. The van der Waals surface area contributed by atoms with Crippen LogP contribution in [0.2, 0.25) is 5.02 Å². The van der Waals surface area contributed by atoms with Crippen molar-refractivity contribution in [2.75, 3.05) is 27.3 Å². The van der Waals surface area contributed by atoms with Crippen molar-refractivity contribution in [3.63, 3.8) is 0 Å². The molecule has 1 saturated heterocycles. The first kappa shape index (κ1) is 15.3. The fourth-order valence-electron chi connectivity index (χ4n) is 2.33. The number of methoxy groups -OCH3 is 2. The molecule has 1 aliphatic rings. The summed E-state index contributed by atoms with van der Waals surface area (Å²) in [6.07, 6.45) is -0.196. The van der Waals surface area contributed by atoms with Gasteiger partial charge in [-0.25, -0.2) is 8.78 Å². The summed E-state index contributed by atoms with van der Waals surface area (Å²) in [4.78, 5) is 1.98. The molecule has 6 heteroatoms. The normalized spacial score (nSPS) is 18.9. The van der Waals surface area contributed by atoms with E-state index in [1.165, 1.54) is 7.11 Å². The fraction of sp³-hybridized carbons (Fsp3) is 0.571. The molecular weight excluding hydrogens is 288 g/mol. The van der Waals surface area contributed by atoms with Crippen molar-refractivity contribution in [3.8, 4) is 11.5 Å². The number of piperidine rings is 1. The number of ether oxygens (including phenoxy) is 2. The first-order valence-corrected chi connectivity index (χ1v) is 6.83. The van der Waals surface area contributed by atoms with Crippen LogP contribution in [-0.4, -0.2) is 38.1 Å². The third-order valence-electron chi connectivity index (χ3n) is 3.54. The Hall–Kier alpha value is -1.07. The topological polar surface area (TPSA) is 21.7 Å². The van der Waals surface area contributed by atoms with E-state index in [-0.39, 0.29) is 12.8 Å². The molecule has 1 aromatic carbocycles. The lowest BCUT2D eigenvalue weighted by Gasteiger charge is -2.32. The maximum atomic E-state index is 13.1. The van der Waals surface area contributed by atoms with Crippen LogP contribution in [0.3, 0.4) is 0 Å². The third-order valence-corrected chi connectivity index (χ3v) is 3.83. The Balaban J connectivity index is 2.11. The maximum absolute atomic E-state index is 13.1. The van der Waals surface area contributed by atoms with E-state index in [4.69, 9.17) is 21.1 Å². The van der Waals surface area contributed by atoms with Crippen LogP contribution in [0.1, 0.15) is 18.4 Å². The molecule has 0 aromatic heterocycles. The molecule has 0 atom stereocenters. The number of nitrogens with zero attached hydrogens (tertiary/aromatic N) is 1. The van der Waals surface area contributed by atoms with E-state index >= 15 is 0 Å². The van der Waals surface area contributed by atoms with Crippen LogP contribution in [-0.2, 0) is 6.54 Å². The number of likely N-dealkylation sites (tertiary alicyclic amines) is 1. The van der Waals surface area contributed by atoms with E-state index < -0.39 is 5.92 Å². The minimum atomic E-state index is -2.53. The van der Waals surface area contributed by atoms with Crippen LogP contribution in [0, 0.1) is 0 Å². The van der Waals surface area contributed by atoms with Gasteiger partial charge in [-0.2, -0.15) is 0 Å². The van der Waals surface area contributed by atoms with Gasteiger partial charge in [-0.05, 0) is 6.07 Å². The highest BCUT2D eigenvalue weighted by Crippen LogP contribution is 2.34. The standard InChI is InChI=1S/C14H18ClF2NO2/c1-19-12-8-13(20-2)11(15)7-10(12)9-18-5-3-14(16,17)4-6-18/h7-8H,3-6,9H2,1-2H3. The SMILES string of the molecule is COc1cc(OC)c(CN2CCC(F)(F)CC2)cc1Cl. The molecule has 1 aliphatic heterocycles. The molecule has 1 heterocycles. The molecule has 0 spiro atoms. The number of hydrogen-bond acceptors (Lipinski definition) is 3. The van der Waals surface area contributed by atoms with Gasteiger partial charge in [0.1, 0.15) is 11.5 Å².